The van der Waals surface area contributed by atoms with Crippen LogP contribution in [0.2, 0.25) is 0 Å². The predicted octanol–water partition coefficient (Wildman–Crippen LogP) is 4.96. The third kappa shape index (κ3) is 5.33. The summed E-state index contributed by atoms with van der Waals surface area (Å²) in [7, 11) is 3.09. The van der Waals surface area contributed by atoms with Gasteiger partial charge < -0.3 is 14.2 Å². The van der Waals surface area contributed by atoms with Gasteiger partial charge in [0.15, 0.2) is 23.0 Å². The minimum Gasteiger partial charge on any atom is -0.493 e. The first-order chi connectivity index (χ1) is 19.9. The number of ketones is 1. The number of fused-ring (bicyclic) bond motifs is 1. The number of carbonyl (C=O) groups is 1. The molecule has 11 heteroatoms. The Morgan fingerprint density at radius 2 is 1.68 bits per heavy atom. The molecular formula is C30H24FN5O5. The van der Waals surface area contributed by atoms with E-state index in [1.54, 1.807) is 49.5 Å². The van der Waals surface area contributed by atoms with Crippen LogP contribution in [-0.4, -0.2) is 44.7 Å². The van der Waals surface area contributed by atoms with Crippen molar-refractivity contribution in [2.75, 3.05) is 14.2 Å². The van der Waals surface area contributed by atoms with E-state index in [1.807, 2.05) is 0 Å². The molecule has 0 atom stereocenters. The zero-order valence-corrected chi connectivity index (χ0v) is 22.2. The van der Waals surface area contributed by atoms with Gasteiger partial charge in [0, 0.05) is 48.2 Å². The molecule has 206 valence electrons. The highest BCUT2D eigenvalue weighted by molar-refractivity contribution is 5.96. The lowest BCUT2D eigenvalue weighted by atomic mass is 10.0. The van der Waals surface area contributed by atoms with Gasteiger partial charge in [-0.05, 0) is 48.2 Å². The summed E-state index contributed by atoms with van der Waals surface area (Å²) in [5.74, 6) is 0.641. The summed E-state index contributed by atoms with van der Waals surface area (Å²) in [5.41, 5.74) is 1.26. The number of ether oxygens (including phenoxy) is 3. The number of pyridine rings is 1. The van der Waals surface area contributed by atoms with Gasteiger partial charge in [-0.25, -0.2) is 14.4 Å². The quantitative estimate of drug-likeness (QED) is 0.233. The Balaban J connectivity index is 1.24. The van der Waals surface area contributed by atoms with Crippen molar-refractivity contribution in [2.45, 2.75) is 25.3 Å². The third-order valence-electron chi connectivity index (χ3n) is 6.73. The average Bonchev–Trinajstić information content (AvgIpc) is 3.84. The molecule has 5 aromatic rings. The van der Waals surface area contributed by atoms with Crippen LogP contribution < -0.4 is 19.6 Å². The highest BCUT2D eigenvalue weighted by Gasteiger charge is 2.27. The molecule has 6 rings (SSSR count). The maximum atomic E-state index is 13.5. The van der Waals surface area contributed by atoms with Crippen LogP contribution in [0.4, 0.5) is 4.39 Å². The summed E-state index contributed by atoms with van der Waals surface area (Å²) >= 11 is 0. The van der Waals surface area contributed by atoms with Gasteiger partial charge in [-0.15, -0.1) is 0 Å². The van der Waals surface area contributed by atoms with Crippen LogP contribution in [0, 0.1) is 5.82 Å². The zero-order chi connectivity index (χ0) is 28.5. The van der Waals surface area contributed by atoms with E-state index < -0.39 is 17.0 Å². The molecule has 1 aliphatic rings. The molecule has 1 aliphatic carbocycles. The van der Waals surface area contributed by atoms with Gasteiger partial charge in [0.2, 0.25) is 5.43 Å². The first-order valence-electron chi connectivity index (χ1n) is 12.9. The molecule has 0 aliphatic heterocycles. The van der Waals surface area contributed by atoms with Crippen molar-refractivity contribution in [2.24, 2.45) is 0 Å². The first kappa shape index (κ1) is 26.1. The smallest absolute Gasteiger partial charge is 0.321 e. The average molecular weight is 554 g/mol. The Bertz CT molecular complexity index is 1820. The van der Waals surface area contributed by atoms with Crippen molar-refractivity contribution >= 4 is 16.7 Å². The van der Waals surface area contributed by atoms with E-state index >= 15 is 0 Å². The standard InChI is InChI=1S/C30H24FN5O5/c1-39-26-12-21-23(13-27(26)40-2)32-10-9-25(21)41-30-33-14-17(15-34-30)11-24(37)28-29(38)22(16-36(35-28)20-7-8-20)18-3-5-19(31)6-4-18/h3-6,9-10,12-16,20H,7-8,11H2,1-2H3. The fourth-order valence-electron chi connectivity index (χ4n) is 4.44. The molecule has 0 bridgehead atoms. The summed E-state index contributed by atoms with van der Waals surface area (Å²) in [6.07, 6.45) is 7.86. The van der Waals surface area contributed by atoms with Crippen molar-refractivity contribution in [1.82, 2.24) is 24.7 Å². The van der Waals surface area contributed by atoms with E-state index in [9.17, 15) is 14.0 Å². The summed E-state index contributed by atoms with van der Waals surface area (Å²) in [6, 6.07) is 11.0. The molecule has 0 saturated heterocycles. The van der Waals surface area contributed by atoms with E-state index in [2.05, 4.69) is 20.1 Å². The number of hydrogen-bond donors (Lipinski definition) is 0. The van der Waals surface area contributed by atoms with E-state index in [0.29, 0.717) is 44.8 Å². The second kappa shape index (κ2) is 10.8. The number of halogens is 1. The number of methoxy groups -OCH3 is 2. The van der Waals surface area contributed by atoms with Gasteiger partial charge in [-0.3, -0.25) is 19.3 Å². The van der Waals surface area contributed by atoms with Gasteiger partial charge in [0.05, 0.1) is 25.8 Å². The van der Waals surface area contributed by atoms with Crippen molar-refractivity contribution in [3.8, 4) is 34.4 Å². The molecule has 1 saturated carbocycles. The van der Waals surface area contributed by atoms with Gasteiger partial charge in [-0.1, -0.05) is 12.1 Å². The Hall–Kier alpha value is -5.19. The molecule has 0 amide bonds. The highest BCUT2D eigenvalue weighted by atomic mass is 19.1. The number of benzene rings is 2. The first-order valence-corrected chi connectivity index (χ1v) is 12.9. The summed E-state index contributed by atoms with van der Waals surface area (Å²) in [5, 5.41) is 5.03. The summed E-state index contributed by atoms with van der Waals surface area (Å²) < 4.78 is 31.8. The number of aromatic nitrogens is 5. The second-order valence-corrected chi connectivity index (χ2v) is 9.55. The van der Waals surface area contributed by atoms with E-state index in [1.165, 1.54) is 36.7 Å². The highest BCUT2D eigenvalue weighted by Crippen LogP contribution is 2.36. The minimum atomic E-state index is -0.504. The fourth-order valence-corrected chi connectivity index (χ4v) is 4.44. The molecule has 0 radical (unpaired) electrons. The molecule has 3 aromatic heterocycles. The predicted molar refractivity (Wildman–Crippen MR) is 147 cm³/mol. The van der Waals surface area contributed by atoms with E-state index in [-0.39, 0.29) is 24.2 Å². The third-order valence-corrected chi connectivity index (χ3v) is 6.73. The lowest BCUT2D eigenvalue weighted by Gasteiger charge is -2.11. The Labute approximate surface area is 233 Å². The molecular weight excluding hydrogens is 529 g/mol. The normalized spacial score (nSPS) is 12.8. The van der Waals surface area contributed by atoms with Crippen molar-refractivity contribution in [3.63, 3.8) is 0 Å². The largest absolute Gasteiger partial charge is 0.493 e. The molecule has 0 unspecified atom stereocenters. The van der Waals surface area contributed by atoms with Crippen LogP contribution in [0.15, 0.2) is 72.0 Å². The van der Waals surface area contributed by atoms with Crippen molar-refractivity contribution in [3.05, 3.63) is 94.5 Å². The maximum Gasteiger partial charge on any atom is 0.321 e. The van der Waals surface area contributed by atoms with Crippen LogP contribution in [0.3, 0.4) is 0 Å². The van der Waals surface area contributed by atoms with Crippen LogP contribution in [-0.2, 0) is 6.42 Å². The topological polar surface area (TPSA) is 118 Å². The number of nitrogens with zero attached hydrogens (tertiary/aromatic N) is 5. The molecule has 1 fully saturated rings. The second-order valence-electron chi connectivity index (χ2n) is 9.55. The molecule has 41 heavy (non-hydrogen) atoms. The summed E-state index contributed by atoms with van der Waals surface area (Å²) in [4.78, 5) is 39.4. The maximum absolute atomic E-state index is 13.5. The van der Waals surface area contributed by atoms with Gasteiger partial charge >= 0.3 is 6.01 Å². The molecule has 2 aromatic carbocycles. The minimum absolute atomic E-state index is 0.0657. The lowest BCUT2D eigenvalue weighted by Crippen LogP contribution is -2.24. The van der Waals surface area contributed by atoms with E-state index in [0.717, 1.165) is 12.8 Å². The number of Topliss-reactive ketones (excluding diaryl/α,β-unsaturated/α-hetero) is 1. The van der Waals surface area contributed by atoms with Crippen molar-refractivity contribution < 1.29 is 23.4 Å². The van der Waals surface area contributed by atoms with Crippen molar-refractivity contribution in [1.29, 1.82) is 0 Å². The Kier molecular flexibility index (Phi) is 6.84. The van der Waals surface area contributed by atoms with Gasteiger partial charge in [-0.2, -0.15) is 5.10 Å². The van der Waals surface area contributed by atoms with Crippen LogP contribution in [0.5, 0.6) is 23.3 Å². The monoisotopic (exact) mass is 553 g/mol. The molecule has 0 spiro atoms. The summed E-state index contributed by atoms with van der Waals surface area (Å²) in [6.45, 7) is 0. The SMILES string of the molecule is COc1cc2nccc(Oc3ncc(CC(=O)c4nn(C5CC5)cc(-c5ccc(F)cc5)c4=O)cn3)c2cc1OC. The van der Waals surface area contributed by atoms with Crippen LogP contribution in [0.25, 0.3) is 22.0 Å². The molecule has 10 nitrogen and oxygen atoms in total. The van der Waals surface area contributed by atoms with Gasteiger partial charge in [0.25, 0.3) is 0 Å². The Morgan fingerprint density at radius 1 is 0.976 bits per heavy atom. The van der Waals surface area contributed by atoms with Crippen LogP contribution in [0.1, 0.15) is 34.9 Å². The number of carbonyl (C=O) groups excluding carboxylic acids is 1. The molecule has 0 N–H and O–H groups in total. The zero-order valence-electron chi connectivity index (χ0n) is 22.2. The van der Waals surface area contributed by atoms with E-state index in [4.69, 9.17) is 14.2 Å². The Morgan fingerprint density at radius 3 is 2.37 bits per heavy atom. The van der Waals surface area contributed by atoms with Crippen LogP contribution >= 0.6 is 0 Å². The fraction of sp³-hybridized carbons (Fsp3) is 0.200. The number of hydrogen-bond acceptors (Lipinski definition) is 9. The number of rotatable bonds is 9. The van der Waals surface area contributed by atoms with Gasteiger partial charge in [0.1, 0.15) is 11.6 Å². The lowest BCUT2D eigenvalue weighted by molar-refractivity contribution is 0.0984. The molecule has 3 heterocycles.